The van der Waals surface area contributed by atoms with E-state index in [4.69, 9.17) is 0 Å². The zero-order chi connectivity index (χ0) is 5.98. The zero-order valence-electron chi connectivity index (χ0n) is 5.98. The van der Waals surface area contributed by atoms with Gasteiger partial charge >= 0.3 is 0 Å². The van der Waals surface area contributed by atoms with Crippen LogP contribution >= 0.6 is 12.4 Å². The molecule has 0 aromatic carbocycles. The van der Waals surface area contributed by atoms with Crippen molar-refractivity contribution in [1.29, 1.82) is 0 Å². The number of hydrogen-bond donors (Lipinski definition) is 2. The summed E-state index contributed by atoms with van der Waals surface area (Å²) < 4.78 is 0. The highest BCUT2D eigenvalue weighted by atomic mass is 35.5. The van der Waals surface area contributed by atoms with E-state index in [1.807, 2.05) is 0 Å². The van der Waals surface area contributed by atoms with Crippen LogP contribution in [-0.4, -0.2) is 25.2 Å². The quantitative estimate of drug-likeness (QED) is 0.595. The van der Waals surface area contributed by atoms with Gasteiger partial charge in [0.1, 0.15) is 0 Å². The number of rotatable bonds is 2. The van der Waals surface area contributed by atoms with Gasteiger partial charge in [0.15, 0.2) is 0 Å². The minimum atomic E-state index is 0. The summed E-state index contributed by atoms with van der Waals surface area (Å²) in [5.74, 6) is 0. The lowest BCUT2D eigenvalue weighted by Crippen LogP contribution is -2.57. The molecule has 1 heterocycles. The maximum absolute atomic E-state index is 3.42. The van der Waals surface area contributed by atoms with Gasteiger partial charge in [-0.1, -0.05) is 13.8 Å². The second-order valence-corrected chi connectivity index (χ2v) is 2.68. The van der Waals surface area contributed by atoms with Crippen molar-refractivity contribution in [2.75, 3.05) is 13.1 Å². The molecule has 0 radical (unpaired) electrons. The van der Waals surface area contributed by atoms with Crippen LogP contribution in [-0.2, 0) is 0 Å². The summed E-state index contributed by atoms with van der Waals surface area (Å²) in [5.41, 5.74) is 0. The molecule has 0 aromatic rings. The normalized spacial score (nSPS) is 19.0. The molecule has 1 rings (SSSR count). The van der Waals surface area contributed by atoms with Gasteiger partial charge in [0.05, 0.1) is 0 Å². The van der Waals surface area contributed by atoms with Crippen LogP contribution in [0.4, 0.5) is 0 Å². The number of halogens is 1. The van der Waals surface area contributed by atoms with Crippen molar-refractivity contribution in [2.45, 2.75) is 25.9 Å². The summed E-state index contributed by atoms with van der Waals surface area (Å²) >= 11 is 0. The Morgan fingerprint density at radius 1 is 1.44 bits per heavy atom. The Morgan fingerprint density at radius 2 is 2.00 bits per heavy atom. The van der Waals surface area contributed by atoms with Crippen molar-refractivity contribution in [3.05, 3.63) is 0 Å². The molecule has 0 bridgehead atoms. The molecular formula is C6H15ClN2. The van der Waals surface area contributed by atoms with Crippen LogP contribution in [0.3, 0.4) is 0 Å². The average Bonchev–Trinajstić information content (AvgIpc) is 1.55. The Balaban J connectivity index is 0.000000640. The SMILES string of the molecule is CC(C)NC1CNC1.Cl. The summed E-state index contributed by atoms with van der Waals surface area (Å²) in [7, 11) is 0. The zero-order valence-corrected chi connectivity index (χ0v) is 6.79. The van der Waals surface area contributed by atoms with Crippen LogP contribution in [0.25, 0.3) is 0 Å². The van der Waals surface area contributed by atoms with E-state index in [0.717, 1.165) is 19.1 Å². The minimum Gasteiger partial charge on any atom is -0.314 e. The fraction of sp³-hybridized carbons (Fsp3) is 1.00. The van der Waals surface area contributed by atoms with Gasteiger partial charge < -0.3 is 10.6 Å². The van der Waals surface area contributed by atoms with Crippen LogP contribution in [0.5, 0.6) is 0 Å². The van der Waals surface area contributed by atoms with Crippen molar-refractivity contribution >= 4 is 12.4 Å². The number of nitrogens with one attached hydrogen (secondary N) is 2. The molecule has 56 valence electrons. The molecule has 2 N–H and O–H groups in total. The standard InChI is InChI=1S/C6H14N2.ClH/c1-5(2)8-6-3-7-4-6;/h5-8H,3-4H2,1-2H3;1H. The molecule has 3 heteroatoms. The molecule has 0 aromatic heterocycles. The van der Waals surface area contributed by atoms with Crippen LogP contribution in [0.2, 0.25) is 0 Å². The fourth-order valence-electron chi connectivity index (χ4n) is 0.878. The van der Waals surface area contributed by atoms with Gasteiger partial charge in [0, 0.05) is 25.2 Å². The molecular weight excluding hydrogens is 136 g/mol. The van der Waals surface area contributed by atoms with E-state index in [2.05, 4.69) is 24.5 Å². The van der Waals surface area contributed by atoms with Crippen molar-refractivity contribution < 1.29 is 0 Å². The molecule has 0 aliphatic carbocycles. The molecule has 0 spiro atoms. The number of hydrogen-bond acceptors (Lipinski definition) is 2. The Morgan fingerprint density at radius 3 is 2.11 bits per heavy atom. The highest BCUT2D eigenvalue weighted by molar-refractivity contribution is 5.85. The average molecular weight is 151 g/mol. The smallest absolute Gasteiger partial charge is 0.0319 e. The molecule has 1 fully saturated rings. The van der Waals surface area contributed by atoms with Crippen LogP contribution in [0.15, 0.2) is 0 Å². The minimum absolute atomic E-state index is 0. The second kappa shape index (κ2) is 4.09. The van der Waals surface area contributed by atoms with Gasteiger partial charge in [-0.25, -0.2) is 0 Å². The lowest BCUT2D eigenvalue weighted by Gasteiger charge is -2.29. The first-order valence-electron chi connectivity index (χ1n) is 3.26. The summed E-state index contributed by atoms with van der Waals surface area (Å²) in [6.07, 6.45) is 0. The first-order valence-corrected chi connectivity index (χ1v) is 3.26. The van der Waals surface area contributed by atoms with E-state index in [-0.39, 0.29) is 12.4 Å². The summed E-state index contributed by atoms with van der Waals surface area (Å²) in [6, 6.07) is 1.39. The topological polar surface area (TPSA) is 24.1 Å². The largest absolute Gasteiger partial charge is 0.314 e. The van der Waals surface area contributed by atoms with Gasteiger partial charge in [0.25, 0.3) is 0 Å². The molecule has 0 amide bonds. The van der Waals surface area contributed by atoms with Crippen molar-refractivity contribution in [1.82, 2.24) is 10.6 Å². The van der Waals surface area contributed by atoms with E-state index in [1.54, 1.807) is 0 Å². The predicted molar refractivity (Wildman–Crippen MR) is 42.2 cm³/mol. The van der Waals surface area contributed by atoms with Crippen molar-refractivity contribution in [3.8, 4) is 0 Å². The van der Waals surface area contributed by atoms with Crippen LogP contribution in [0, 0.1) is 0 Å². The second-order valence-electron chi connectivity index (χ2n) is 2.68. The lowest BCUT2D eigenvalue weighted by molar-refractivity contribution is 0.344. The highest BCUT2D eigenvalue weighted by Crippen LogP contribution is 1.91. The van der Waals surface area contributed by atoms with Gasteiger partial charge in [-0.3, -0.25) is 0 Å². The van der Waals surface area contributed by atoms with E-state index >= 15 is 0 Å². The fourth-order valence-corrected chi connectivity index (χ4v) is 0.878. The predicted octanol–water partition coefficient (Wildman–Crippen LogP) is 0.378. The van der Waals surface area contributed by atoms with Gasteiger partial charge in [0.2, 0.25) is 0 Å². The van der Waals surface area contributed by atoms with Crippen LogP contribution in [0.1, 0.15) is 13.8 Å². The summed E-state index contributed by atoms with van der Waals surface area (Å²) in [4.78, 5) is 0. The van der Waals surface area contributed by atoms with Gasteiger partial charge in [-0.05, 0) is 0 Å². The molecule has 2 nitrogen and oxygen atoms in total. The Kier molecular flexibility index (Phi) is 4.19. The third-order valence-electron chi connectivity index (χ3n) is 1.35. The highest BCUT2D eigenvalue weighted by Gasteiger charge is 2.15. The molecule has 1 aliphatic rings. The van der Waals surface area contributed by atoms with Gasteiger partial charge in [-0.2, -0.15) is 0 Å². The molecule has 0 atom stereocenters. The monoisotopic (exact) mass is 150 g/mol. The first kappa shape index (κ1) is 9.21. The lowest BCUT2D eigenvalue weighted by atomic mass is 10.1. The molecule has 9 heavy (non-hydrogen) atoms. The maximum Gasteiger partial charge on any atom is 0.0319 e. The van der Waals surface area contributed by atoms with Crippen molar-refractivity contribution in [3.63, 3.8) is 0 Å². The summed E-state index contributed by atoms with van der Waals surface area (Å²) in [5, 5.41) is 6.62. The van der Waals surface area contributed by atoms with E-state index < -0.39 is 0 Å². The van der Waals surface area contributed by atoms with Crippen molar-refractivity contribution in [2.24, 2.45) is 0 Å². The Hall–Kier alpha value is 0.210. The third-order valence-corrected chi connectivity index (χ3v) is 1.35. The molecule has 0 unspecified atom stereocenters. The first-order chi connectivity index (χ1) is 3.79. The molecule has 0 saturated carbocycles. The Labute approximate surface area is 62.8 Å². The molecule has 1 saturated heterocycles. The summed E-state index contributed by atoms with van der Waals surface area (Å²) in [6.45, 7) is 6.66. The molecule has 1 aliphatic heterocycles. The van der Waals surface area contributed by atoms with E-state index in [0.29, 0.717) is 6.04 Å². The van der Waals surface area contributed by atoms with Gasteiger partial charge in [-0.15, -0.1) is 12.4 Å². The van der Waals surface area contributed by atoms with E-state index in [9.17, 15) is 0 Å². The van der Waals surface area contributed by atoms with E-state index in [1.165, 1.54) is 0 Å². The maximum atomic E-state index is 3.42. The van der Waals surface area contributed by atoms with Crippen LogP contribution < -0.4 is 10.6 Å². The third kappa shape index (κ3) is 3.04. The Bertz CT molecular complexity index is 71.5.